The van der Waals surface area contributed by atoms with E-state index in [4.69, 9.17) is 5.73 Å². The first kappa shape index (κ1) is 15.9. The largest absolute Gasteiger partial charge is 0.338 e. The Kier molecular flexibility index (Phi) is 6.24. The zero-order chi connectivity index (χ0) is 14.4. The summed E-state index contributed by atoms with van der Waals surface area (Å²) in [6.45, 7) is 8.53. The summed E-state index contributed by atoms with van der Waals surface area (Å²) in [6, 6.07) is -0.200. The van der Waals surface area contributed by atoms with Gasteiger partial charge in [-0.25, -0.2) is 4.79 Å². The van der Waals surface area contributed by atoms with Crippen molar-refractivity contribution in [3.8, 4) is 0 Å². The average Bonchev–Trinajstić information content (AvgIpc) is 2.31. The number of imide groups is 1. The van der Waals surface area contributed by atoms with Gasteiger partial charge in [0.2, 0.25) is 5.91 Å². The molecule has 1 fully saturated rings. The van der Waals surface area contributed by atoms with Crippen molar-refractivity contribution < 1.29 is 9.59 Å². The van der Waals surface area contributed by atoms with Crippen LogP contribution >= 0.6 is 0 Å². The smallest absolute Gasteiger partial charge is 0.321 e. The Morgan fingerprint density at radius 3 is 2.68 bits per heavy atom. The number of urea groups is 1. The van der Waals surface area contributed by atoms with Crippen molar-refractivity contribution in [2.75, 3.05) is 26.2 Å². The van der Waals surface area contributed by atoms with E-state index < -0.39 is 6.03 Å². The van der Waals surface area contributed by atoms with Gasteiger partial charge in [0.25, 0.3) is 0 Å². The molecule has 0 aliphatic carbocycles. The van der Waals surface area contributed by atoms with Crippen LogP contribution in [0.15, 0.2) is 0 Å². The van der Waals surface area contributed by atoms with Crippen LogP contribution in [0.5, 0.6) is 0 Å². The van der Waals surface area contributed by atoms with E-state index in [0.717, 1.165) is 19.5 Å². The molecule has 0 aromatic heterocycles. The van der Waals surface area contributed by atoms with E-state index in [1.165, 1.54) is 0 Å². The molecular formula is C13H26N4O2. The Labute approximate surface area is 115 Å². The lowest BCUT2D eigenvalue weighted by Gasteiger charge is -2.34. The molecule has 0 aromatic carbocycles. The second-order valence-electron chi connectivity index (χ2n) is 5.82. The van der Waals surface area contributed by atoms with Gasteiger partial charge in [-0.05, 0) is 18.3 Å². The van der Waals surface area contributed by atoms with E-state index in [-0.39, 0.29) is 18.5 Å². The van der Waals surface area contributed by atoms with E-state index in [9.17, 15) is 9.59 Å². The van der Waals surface area contributed by atoms with Crippen molar-refractivity contribution in [1.29, 1.82) is 0 Å². The van der Waals surface area contributed by atoms with E-state index >= 15 is 0 Å². The zero-order valence-electron chi connectivity index (χ0n) is 12.1. The molecule has 4 N–H and O–H groups in total. The molecule has 0 spiro atoms. The van der Waals surface area contributed by atoms with Crippen LogP contribution in [0.1, 0.15) is 27.2 Å². The Hall–Kier alpha value is -1.14. The normalized spacial score (nSPS) is 24.3. The lowest BCUT2D eigenvalue weighted by Crippen LogP contribution is -2.50. The fourth-order valence-electron chi connectivity index (χ4n) is 2.10. The highest BCUT2D eigenvalue weighted by Gasteiger charge is 2.24. The number of piperidine rings is 1. The molecule has 1 heterocycles. The molecule has 110 valence electrons. The van der Waals surface area contributed by atoms with Crippen LogP contribution in [-0.2, 0) is 4.79 Å². The molecule has 0 aromatic rings. The third-order valence-electron chi connectivity index (χ3n) is 3.35. The minimum absolute atomic E-state index is 0.216. The van der Waals surface area contributed by atoms with E-state index in [1.807, 2.05) is 18.7 Å². The highest BCUT2D eigenvalue weighted by molar-refractivity contribution is 5.95. The van der Waals surface area contributed by atoms with E-state index in [1.54, 1.807) is 0 Å². The molecule has 1 saturated heterocycles. The van der Waals surface area contributed by atoms with Gasteiger partial charge in [-0.3, -0.25) is 15.0 Å². The van der Waals surface area contributed by atoms with Crippen LogP contribution in [-0.4, -0.2) is 49.1 Å². The highest BCUT2D eigenvalue weighted by atomic mass is 16.2. The molecule has 1 rings (SSSR count). The van der Waals surface area contributed by atoms with Gasteiger partial charge in [0.1, 0.15) is 0 Å². The van der Waals surface area contributed by atoms with Crippen LogP contribution in [0, 0.1) is 11.8 Å². The maximum absolute atomic E-state index is 11.7. The number of nitrogens with two attached hydrogens (primary N) is 1. The van der Waals surface area contributed by atoms with Gasteiger partial charge in [0.15, 0.2) is 0 Å². The van der Waals surface area contributed by atoms with Gasteiger partial charge in [-0.15, -0.1) is 0 Å². The SMILES string of the molecule is CC(C)CNC(=O)NC(=O)CN1CCC(N)C(C)C1. The fraction of sp³-hybridized carbons (Fsp3) is 0.846. The van der Waals surface area contributed by atoms with Crippen molar-refractivity contribution in [3.63, 3.8) is 0 Å². The van der Waals surface area contributed by atoms with Gasteiger partial charge in [-0.1, -0.05) is 20.8 Å². The van der Waals surface area contributed by atoms with Gasteiger partial charge in [0, 0.05) is 25.7 Å². The van der Waals surface area contributed by atoms with E-state index in [0.29, 0.717) is 18.4 Å². The summed E-state index contributed by atoms with van der Waals surface area (Å²) in [6.07, 6.45) is 0.897. The van der Waals surface area contributed by atoms with E-state index in [2.05, 4.69) is 17.6 Å². The van der Waals surface area contributed by atoms with Crippen molar-refractivity contribution in [2.24, 2.45) is 17.6 Å². The first-order valence-corrected chi connectivity index (χ1v) is 6.94. The molecule has 0 bridgehead atoms. The Morgan fingerprint density at radius 1 is 1.42 bits per heavy atom. The number of amides is 3. The summed E-state index contributed by atoms with van der Waals surface area (Å²) in [5.41, 5.74) is 5.93. The monoisotopic (exact) mass is 270 g/mol. The minimum atomic E-state index is -0.416. The second kappa shape index (κ2) is 7.45. The molecule has 19 heavy (non-hydrogen) atoms. The number of carbonyl (C=O) groups excluding carboxylic acids is 2. The molecule has 0 radical (unpaired) electrons. The average molecular weight is 270 g/mol. The third kappa shape index (κ3) is 6.02. The van der Waals surface area contributed by atoms with Crippen LogP contribution in [0.4, 0.5) is 4.79 Å². The van der Waals surface area contributed by atoms with Crippen molar-refractivity contribution in [1.82, 2.24) is 15.5 Å². The number of nitrogens with one attached hydrogen (secondary N) is 2. The Bertz CT molecular complexity index is 320. The quantitative estimate of drug-likeness (QED) is 0.678. The molecule has 1 aliphatic heterocycles. The maximum atomic E-state index is 11.7. The fourth-order valence-corrected chi connectivity index (χ4v) is 2.10. The summed E-state index contributed by atoms with van der Waals surface area (Å²) in [5, 5.41) is 5.00. The maximum Gasteiger partial charge on any atom is 0.321 e. The van der Waals surface area contributed by atoms with Gasteiger partial charge in [0.05, 0.1) is 6.54 Å². The van der Waals surface area contributed by atoms with Crippen LogP contribution < -0.4 is 16.4 Å². The van der Waals surface area contributed by atoms with Crippen molar-refractivity contribution in [2.45, 2.75) is 33.2 Å². The first-order valence-electron chi connectivity index (χ1n) is 6.94. The molecule has 6 nitrogen and oxygen atoms in total. The molecule has 3 amide bonds. The number of hydrogen-bond acceptors (Lipinski definition) is 4. The summed E-state index contributed by atoms with van der Waals surface area (Å²) in [4.78, 5) is 25.2. The second-order valence-corrected chi connectivity index (χ2v) is 5.82. The number of likely N-dealkylation sites (tertiary alicyclic amines) is 1. The predicted molar refractivity (Wildman–Crippen MR) is 74.6 cm³/mol. The van der Waals surface area contributed by atoms with Gasteiger partial charge >= 0.3 is 6.03 Å². The number of hydrogen-bond donors (Lipinski definition) is 3. The zero-order valence-corrected chi connectivity index (χ0v) is 12.1. The summed E-state index contributed by atoms with van der Waals surface area (Å²) in [5.74, 6) is 0.491. The molecule has 0 saturated carbocycles. The molecule has 2 atom stereocenters. The Morgan fingerprint density at radius 2 is 2.11 bits per heavy atom. The standard InChI is InChI=1S/C13H26N4O2/c1-9(2)6-15-13(19)16-12(18)8-17-5-4-11(14)10(3)7-17/h9-11H,4-8,14H2,1-3H3,(H2,15,16,18,19). The highest BCUT2D eigenvalue weighted by Crippen LogP contribution is 2.14. The number of carbonyl (C=O) groups is 2. The molecule has 1 aliphatic rings. The number of rotatable bonds is 4. The van der Waals surface area contributed by atoms with Crippen LogP contribution in [0.25, 0.3) is 0 Å². The third-order valence-corrected chi connectivity index (χ3v) is 3.35. The van der Waals surface area contributed by atoms with Crippen molar-refractivity contribution in [3.05, 3.63) is 0 Å². The number of nitrogens with zero attached hydrogens (tertiary/aromatic N) is 1. The minimum Gasteiger partial charge on any atom is -0.338 e. The predicted octanol–water partition coefficient (Wildman–Crippen LogP) is 0.137. The molecular weight excluding hydrogens is 244 g/mol. The van der Waals surface area contributed by atoms with Gasteiger partial charge < -0.3 is 11.1 Å². The summed E-state index contributed by atoms with van der Waals surface area (Å²) >= 11 is 0. The lowest BCUT2D eigenvalue weighted by atomic mass is 9.95. The molecule has 6 heteroatoms. The molecule has 2 unspecified atom stereocenters. The van der Waals surface area contributed by atoms with Crippen molar-refractivity contribution >= 4 is 11.9 Å². The van der Waals surface area contributed by atoms with Gasteiger partial charge in [-0.2, -0.15) is 0 Å². The first-order chi connectivity index (χ1) is 8.88. The topological polar surface area (TPSA) is 87.5 Å². The van der Waals surface area contributed by atoms with Crippen LogP contribution in [0.3, 0.4) is 0 Å². The Balaban J connectivity index is 2.25. The summed E-state index contributed by atoms with van der Waals surface area (Å²) in [7, 11) is 0. The van der Waals surface area contributed by atoms with Crippen LogP contribution in [0.2, 0.25) is 0 Å². The lowest BCUT2D eigenvalue weighted by molar-refractivity contribution is -0.121. The summed E-state index contributed by atoms with van der Waals surface area (Å²) < 4.78 is 0.